The molecule has 2 amide bonds. The van der Waals surface area contributed by atoms with Crippen LogP contribution in [0, 0.1) is 5.92 Å². The number of nitrogens with one attached hydrogen (secondary N) is 1. The van der Waals surface area contributed by atoms with Crippen molar-refractivity contribution >= 4 is 17.6 Å². The van der Waals surface area contributed by atoms with E-state index in [0.717, 1.165) is 11.4 Å². The zero-order chi connectivity index (χ0) is 15.4. The first kappa shape index (κ1) is 15.3. The highest BCUT2D eigenvalue weighted by atomic mass is 16.2. The second-order valence-corrected chi connectivity index (χ2v) is 5.43. The van der Waals surface area contributed by atoms with Crippen LogP contribution in [0.15, 0.2) is 18.3 Å². The first-order valence-corrected chi connectivity index (χ1v) is 7.19. The molecule has 1 N–H and O–H groups in total. The van der Waals surface area contributed by atoms with Crippen LogP contribution in [0.4, 0.5) is 5.82 Å². The number of likely N-dealkylation sites (tertiary alicyclic amines) is 1. The molecule has 0 saturated carbocycles. The van der Waals surface area contributed by atoms with E-state index in [1.54, 1.807) is 11.1 Å². The van der Waals surface area contributed by atoms with E-state index < -0.39 is 0 Å². The minimum atomic E-state index is -0.239. The molecule has 1 saturated heterocycles. The second-order valence-electron chi connectivity index (χ2n) is 5.43. The number of nitrogens with zero attached hydrogens (tertiary/aromatic N) is 3. The minimum absolute atomic E-state index is 0.0622. The molecule has 0 aromatic carbocycles. The zero-order valence-corrected chi connectivity index (χ0v) is 12.8. The summed E-state index contributed by atoms with van der Waals surface area (Å²) in [5, 5.41) is 2.92. The van der Waals surface area contributed by atoms with E-state index >= 15 is 0 Å². The van der Waals surface area contributed by atoms with E-state index in [9.17, 15) is 9.59 Å². The molecule has 21 heavy (non-hydrogen) atoms. The Bertz CT molecular complexity index is 530. The lowest BCUT2D eigenvalue weighted by molar-refractivity contribution is -0.128. The molecule has 2 rings (SSSR count). The van der Waals surface area contributed by atoms with Gasteiger partial charge >= 0.3 is 0 Å². The van der Waals surface area contributed by atoms with Crippen LogP contribution < -0.4 is 10.2 Å². The van der Waals surface area contributed by atoms with Gasteiger partial charge in [-0.25, -0.2) is 4.98 Å². The van der Waals surface area contributed by atoms with Gasteiger partial charge in [-0.1, -0.05) is 6.07 Å². The average molecular weight is 290 g/mol. The summed E-state index contributed by atoms with van der Waals surface area (Å²) in [6.07, 6.45) is 2.04. The van der Waals surface area contributed by atoms with Gasteiger partial charge in [0.25, 0.3) is 0 Å². The van der Waals surface area contributed by atoms with Gasteiger partial charge in [0.15, 0.2) is 0 Å². The maximum Gasteiger partial charge on any atom is 0.225 e. The van der Waals surface area contributed by atoms with Crippen molar-refractivity contribution in [3.05, 3.63) is 23.9 Å². The van der Waals surface area contributed by atoms with Gasteiger partial charge in [-0.3, -0.25) is 9.59 Å². The fourth-order valence-corrected chi connectivity index (χ4v) is 2.55. The van der Waals surface area contributed by atoms with E-state index in [2.05, 4.69) is 10.3 Å². The number of anilines is 1. The van der Waals surface area contributed by atoms with Gasteiger partial charge in [0.2, 0.25) is 11.8 Å². The van der Waals surface area contributed by atoms with Gasteiger partial charge in [-0.05, 0) is 13.0 Å². The molecule has 1 unspecified atom stereocenters. The predicted octanol–water partition coefficient (Wildman–Crippen LogP) is 0.632. The molecular weight excluding hydrogens is 268 g/mol. The summed E-state index contributed by atoms with van der Waals surface area (Å²) in [7, 11) is 3.84. The Morgan fingerprint density at radius 1 is 1.52 bits per heavy atom. The molecule has 6 nitrogen and oxygen atoms in total. The molecule has 0 aliphatic carbocycles. The van der Waals surface area contributed by atoms with Crippen molar-refractivity contribution in [3.63, 3.8) is 0 Å². The molecule has 1 aliphatic rings. The number of aromatic nitrogens is 1. The normalized spacial score (nSPS) is 18.0. The van der Waals surface area contributed by atoms with Crippen molar-refractivity contribution < 1.29 is 9.59 Å². The van der Waals surface area contributed by atoms with Crippen LogP contribution in [-0.2, 0) is 16.1 Å². The van der Waals surface area contributed by atoms with Gasteiger partial charge in [0, 0.05) is 51.9 Å². The van der Waals surface area contributed by atoms with Crippen LogP contribution in [0.25, 0.3) is 0 Å². The third-order valence-electron chi connectivity index (χ3n) is 3.71. The summed E-state index contributed by atoms with van der Waals surface area (Å²) in [6.45, 7) is 3.54. The molecule has 1 aromatic heterocycles. The third-order valence-corrected chi connectivity index (χ3v) is 3.71. The molecule has 1 aromatic rings. The monoisotopic (exact) mass is 290 g/mol. The second kappa shape index (κ2) is 6.56. The summed E-state index contributed by atoms with van der Waals surface area (Å²) >= 11 is 0. The van der Waals surface area contributed by atoms with Crippen LogP contribution in [-0.4, -0.2) is 48.9 Å². The van der Waals surface area contributed by atoms with Crippen molar-refractivity contribution in [2.75, 3.05) is 32.1 Å². The average Bonchev–Trinajstić information content (AvgIpc) is 2.86. The SMILES string of the molecule is CCN1CC(C(=O)NCc2cccnc2N(C)C)CC1=O. The molecule has 1 aliphatic heterocycles. The summed E-state index contributed by atoms with van der Waals surface area (Å²) in [5.74, 6) is 0.605. The van der Waals surface area contributed by atoms with Crippen LogP contribution in [0.5, 0.6) is 0 Å². The number of carbonyl (C=O) groups excluding carboxylic acids is 2. The standard InChI is InChI=1S/C15H22N4O2/c1-4-19-10-12(8-13(19)20)15(21)17-9-11-6-5-7-16-14(11)18(2)3/h5-7,12H,4,8-10H2,1-3H3,(H,17,21). The summed E-state index contributed by atoms with van der Waals surface area (Å²) in [5.41, 5.74) is 0.965. The fraction of sp³-hybridized carbons (Fsp3) is 0.533. The lowest BCUT2D eigenvalue weighted by atomic mass is 10.1. The molecule has 114 valence electrons. The van der Waals surface area contributed by atoms with E-state index in [1.807, 2.05) is 38.1 Å². The molecule has 0 radical (unpaired) electrons. The number of hydrogen-bond acceptors (Lipinski definition) is 4. The van der Waals surface area contributed by atoms with Gasteiger partial charge in [-0.2, -0.15) is 0 Å². The van der Waals surface area contributed by atoms with Crippen molar-refractivity contribution in [2.45, 2.75) is 19.9 Å². The maximum atomic E-state index is 12.2. The third kappa shape index (κ3) is 3.51. The lowest BCUT2D eigenvalue weighted by Crippen LogP contribution is -2.33. The molecule has 0 spiro atoms. The van der Waals surface area contributed by atoms with Crippen LogP contribution in [0.1, 0.15) is 18.9 Å². The van der Waals surface area contributed by atoms with Crippen LogP contribution in [0.3, 0.4) is 0 Å². The largest absolute Gasteiger partial charge is 0.362 e. The number of amides is 2. The summed E-state index contributed by atoms with van der Waals surface area (Å²) < 4.78 is 0. The van der Waals surface area contributed by atoms with Crippen molar-refractivity contribution in [1.29, 1.82) is 0 Å². The minimum Gasteiger partial charge on any atom is -0.362 e. The quantitative estimate of drug-likeness (QED) is 0.864. The van der Waals surface area contributed by atoms with Crippen molar-refractivity contribution in [3.8, 4) is 0 Å². The smallest absolute Gasteiger partial charge is 0.225 e. The van der Waals surface area contributed by atoms with Crippen molar-refractivity contribution in [2.24, 2.45) is 5.92 Å². The van der Waals surface area contributed by atoms with Gasteiger partial charge in [-0.15, -0.1) is 0 Å². The highest BCUT2D eigenvalue weighted by molar-refractivity contribution is 5.89. The number of rotatable bonds is 5. The maximum absolute atomic E-state index is 12.2. The Balaban J connectivity index is 1.95. The Kier molecular flexibility index (Phi) is 4.77. The number of pyridine rings is 1. The van der Waals surface area contributed by atoms with Gasteiger partial charge in [0.05, 0.1) is 5.92 Å². The van der Waals surface area contributed by atoms with E-state index in [-0.39, 0.29) is 17.7 Å². The van der Waals surface area contributed by atoms with Gasteiger partial charge < -0.3 is 15.1 Å². The van der Waals surface area contributed by atoms with E-state index in [0.29, 0.717) is 26.1 Å². The molecule has 2 heterocycles. The number of hydrogen-bond donors (Lipinski definition) is 1. The first-order valence-electron chi connectivity index (χ1n) is 7.19. The van der Waals surface area contributed by atoms with E-state index in [4.69, 9.17) is 0 Å². The zero-order valence-electron chi connectivity index (χ0n) is 12.8. The Morgan fingerprint density at radius 2 is 2.29 bits per heavy atom. The Labute approximate surface area is 125 Å². The molecule has 1 atom stereocenters. The van der Waals surface area contributed by atoms with E-state index in [1.165, 1.54) is 0 Å². The van der Waals surface area contributed by atoms with Crippen LogP contribution in [0.2, 0.25) is 0 Å². The first-order chi connectivity index (χ1) is 10.0. The predicted molar refractivity (Wildman–Crippen MR) is 80.8 cm³/mol. The molecule has 0 bridgehead atoms. The lowest BCUT2D eigenvalue weighted by Gasteiger charge is -2.17. The van der Waals surface area contributed by atoms with Crippen LogP contribution >= 0.6 is 0 Å². The molecule has 6 heteroatoms. The molecular formula is C15H22N4O2. The highest BCUT2D eigenvalue weighted by Gasteiger charge is 2.33. The fourth-order valence-electron chi connectivity index (χ4n) is 2.55. The van der Waals surface area contributed by atoms with Gasteiger partial charge in [0.1, 0.15) is 5.82 Å². The Hall–Kier alpha value is -2.11. The summed E-state index contributed by atoms with van der Waals surface area (Å²) in [6, 6.07) is 3.80. The highest BCUT2D eigenvalue weighted by Crippen LogP contribution is 2.18. The topological polar surface area (TPSA) is 65.5 Å². The molecule has 1 fully saturated rings. The number of carbonyl (C=O) groups is 2. The Morgan fingerprint density at radius 3 is 2.90 bits per heavy atom. The van der Waals surface area contributed by atoms with Crippen molar-refractivity contribution in [1.82, 2.24) is 15.2 Å². The summed E-state index contributed by atoms with van der Waals surface area (Å²) in [4.78, 5) is 31.8.